The van der Waals surface area contributed by atoms with Gasteiger partial charge in [-0.3, -0.25) is 0 Å². The summed E-state index contributed by atoms with van der Waals surface area (Å²) in [6.45, 7) is 0.105. The van der Waals surface area contributed by atoms with Crippen molar-refractivity contribution in [1.29, 1.82) is 0 Å². The Hall–Kier alpha value is -2.92. The first kappa shape index (κ1) is 16.5. The van der Waals surface area contributed by atoms with Crippen LogP contribution in [0.4, 0.5) is 11.4 Å². The summed E-state index contributed by atoms with van der Waals surface area (Å²) in [6.07, 6.45) is 0.566. The number of phenolic OH excluding ortho intramolecular Hbond substituents is 2. The molecule has 0 spiro atoms. The van der Waals surface area contributed by atoms with Gasteiger partial charge in [0.15, 0.2) is 0 Å². The molecule has 0 amide bonds. The highest BCUT2D eigenvalue weighted by Crippen LogP contribution is 2.29. The maximum Gasteiger partial charge on any atom is 0.123 e. The van der Waals surface area contributed by atoms with Crippen molar-refractivity contribution >= 4 is 22.1 Å². The minimum absolute atomic E-state index is 0.105. The van der Waals surface area contributed by atoms with E-state index >= 15 is 0 Å². The van der Waals surface area contributed by atoms with Crippen molar-refractivity contribution < 1.29 is 15.3 Å². The summed E-state index contributed by atoms with van der Waals surface area (Å²) in [4.78, 5) is 0. The lowest BCUT2D eigenvalue weighted by Gasteiger charge is -2.03. The number of nitrogens with two attached hydrogens (primary N) is 2. The van der Waals surface area contributed by atoms with Crippen molar-refractivity contribution in [2.45, 2.75) is 6.42 Å². The number of benzene rings is 3. The number of nitrogen functional groups attached to an aromatic ring is 2. The van der Waals surface area contributed by atoms with Crippen LogP contribution in [0.15, 0.2) is 54.6 Å². The van der Waals surface area contributed by atoms with Crippen molar-refractivity contribution in [3.05, 3.63) is 60.2 Å². The maximum atomic E-state index is 9.38. The minimum atomic E-state index is 0.105. The highest BCUT2D eigenvalue weighted by molar-refractivity contribution is 5.92. The van der Waals surface area contributed by atoms with E-state index in [1.54, 1.807) is 54.6 Å². The van der Waals surface area contributed by atoms with Gasteiger partial charge in [-0.25, -0.2) is 0 Å². The van der Waals surface area contributed by atoms with Gasteiger partial charge in [-0.1, -0.05) is 24.3 Å². The number of aliphatic hydroxyl groups is 1. The molecule has 0 bridgehead atoms. The smallest absolute Gasteiger partial charge is 0.123 e. The van der Waals surface area contributed by atoms with E-state index in [9.17, 15) is 10.2 Å². The summed E-state index contributed by atoms with van der Waals surface area (Å²) in [7, 11) is 0. The number of fused-ring (bicyclic) bond motifs is 1. The molecular weight excluding hydrogens is 292 g/mol. The average molecular weight is 312 g/mol. The topological polar surface area (TPSA) is 113 Å². The van der Waals surface area contributed by atoms with Crippen LogP contribution in [0.5, 0.6) is 11.5 Å². The van der Waals surface area contributed by atoms with E-state index in [1.165, 1.54) is 0 Å². The molecule has 0 unspecified atom stereocenters. The van der Waals surface area contributed by atoms with Gasteiger partial charge < -0.3 is 26.8 Å². The second-order valence-electron chi connectivity index (χ2n) is 5.08. The molecule has 0 aromatic heterocycles. The monoisotopic (exact) mass is 312 g/mol. The number of anilines is 2. The molecule has 0 atom stereocenters. The van der Waals surface area contributed by atoms with Gasteiger partial charge in [-0.05, 0) is 42.3 Å². The summed E-state index contributed by atoms with van der Waals surface area (Å²) in [5.41, 5.74) is 13.4. The Balaban J connectivity index is 0.000000168. The predicted molar refractivity (Wildman–Crippen MR) is 93.3 cm³/mol. The van der Waals surface area contributed by atoms with E-state index in [4.69, 9.17) is 16.6 Å². The number of rotatable bonds is 2. The minimum Gasteiger partial charge on any atom is -0.507 e. The number of aliphatic hydroxyl groups excluding tert-OH is 1. The van der Waals surface area contributed by atoms with Crippen molar-refractivity contribution in [2.24, 2.45) is 0 Å². The summed E-state index contributed by atoms with van der Waals surface area (Å²) in [5.74, 6) is 0.395. The standard InChI is InChI=1S/C10H8O2.C8H12N2O/c11-9-5-1-3-7-8(9)4-2-6-10(7)12;9-7-1-2-8(10)6(5-7)3-4-11/h1-6,11-12H;1-2,5,11H,3-4,9-10H2. The summed E-state index contributed by atoms with van der Waals surface area (Å²) >= 11 is 0. The molecule has 120 valence electrons. The second-order valence-corrected chi connectivity index (χ2v) is 5.08. The van der Waals surface area contributed by atoms with Crippen molar-refractivity contribution in [2.75, 3.05) is 18.1 Å². The summed E-state index contributed by atoms with van der Waals surface area (Å²) in [5, 5.41) is 28.8. The molecule has 5 nitrogen and oxygen atoms in total. The van der Waals surface area contributed by atoms with E-state index in [2.05, 4.69) is 0 Å². The van der Waals surface area contributed by atoms with Crippen LogP contribution >= 0.6 is 0 Å². The number of hydrogen-bond acceptors (Lipinski definition) is 5. The highest BCUT2D eigenvalue weighted by Gasteiger charge is 2.01. The van der Waals surface area contributed by atoms with E-state index in [1.807, 2.05) is 0 Å². The molecule has 0 saturated carbocycles. The third-order valence-electron chi connectivity index (χ3n) is 3.42. The van der Waals surface area contributed by atoms with Crippen LogP contribution < -0.4 is 11.5 Å². The van der Waals surface area contributed by atoms with Gasteiger partial charge >= 0.3 is 0 Å². The van der Waals surface area contributed by atoms with Gasteiger partial charge in [0, 0.05) is 28.8 Å². The molecule has 3 aromatic carbocycles. The fraction of sp³-hybridized carbons (Fsp3) is 0.111. The lowest BCUT2D eigenvalue weighted by Crippen LogP contribution is -1.98. The number of phenols is 2. The summed E-state index contributed by atoms with van der Waals surface area (Å²) in [6, 6.07) is 15.4. The van der Waals surface area contributed by atoms with E-state index < -0.39 is 0 Å². The third-order valence-corrected chi connectivity index (χ3v) is 3.42. The third kappa shape index (κ3) is 4.05. The van der Waals surface area contributed by atoms with Crippen molar-refractivity contribution in [1.82, 2.24) is 0 Å². The quantitative estimate of drug-likeness (QED) is 0.467. The van der Waals surface area contributed by atoms with E-state index in [0.717, 1.165) is 5.56 Å². The predicted octanol–water partition coefficient (Wildman–Crippen LogP) is 2.64. The average Bonchev–Trinajstić information content (AvgIpc) is 2.53. The van der Waals surface area contributed by atoms with E-state index in [-0.39, 0.29) is 18.1 Å². The van der Waals surface area contributed by atoms with Gasteiger partial charge in [-0.2, -0.15) is 0 Å². The largest absolute Gasteiger partial charge is 0.507 e. The molecule has 0 aliphatic heterocycles. The highest BCUT2D eigenvalue weighted by atomic mass is 16.3. The Kier molecular flexibility index (Phi) is 5.28. The molecule has 0 radical (unpaired) electrons. The Morgan fingerprint density at radius 2 is 1.35 bits per heavy atom. The van der Waals surface area contributed by atoms with Gasteiger partial charge in [0.1, 0.15) is 11.5 Å². The van der Waals surface area contributed by atoms with Crippen LogP contribution in [0.3, 0.4) is 0 Å². The van der Waals surface area contributed by atoms with Crippen LogP contribution in [0, 0.1) is 0 Å². The first-order chi connectivity index (χ1) is 11.0. The van der Waals surface area contributed by atoms with Crippen LogP contribution in [-0.4, -0.2) is 21.9 Å². The van der Waals surface area contributed by atoms with E-state index in [0.29, 0.717) is 28.6 Å². The van der Waals surface area contributed by atoms with Crippen molar-refractivity contribution in [3.8, 4) is 11.5 Å². The van der Waals surface area contributed by atoms with Crippen LogP contribution in [0.2, 0.25) is 0 Å². The molecule has 0 saturated heterocycles. The zero-order valence-corrected chi connectivity index (χ0v) is 12.6. The maximum absolute atomic E-state index is 9.38. The molecular formula is C18H20N2O3. The van der Waals surface area contributed by atoms with Gasteiger partial charge in [-0.15, -0.1) is 0 Å². The Labute approximate surface area is 134 Å². The molecule has 0 heterocycles. The fourth-order valence-electron chi connectivity index (χ4n) is 2.24. The lowest BCUT2D eigenvalue weighted by atomic mass is 10.1. The van der Waals surface area contributed by atoms with Crippen LogP contribution in [-0.2, 0) is 6.42 Å². The van der Waals surface area contributed by atoms with Gasteiger partial charge in [0.25, 0.3) is 0 Å². The molecule has 3 rings (SSSR count). The molecule has 23 heavy (non-hydrogen) atoms. The second kappa shape index (κ2) is 7.38. The molecule has 0 aliphatic carbocycles. The zero-order valence-electron chi connectivity index (χ0n) is 12.6. The van der Waals surface area contributed by atoms with Crippen molar-refractivity contribution in [3.63, 3.8) is 0 Å². The normalized spacial score (nSPS) is 10.1. The number of hydrogen-bond donors (Lipinski definition) is 5. The molecule has 7 N–H and O–H groups in total. The Morgan fingerprint density at radius 1 is 0.783 bits per heavy atom. The van der Waals surface area contributed by atoms with Crippen LogP contribution in [0.1, 0.15) is 5.56 Å². The van der Waals surface area contributed by atoms with Gasteiger partial charge in [0.2, 0.25) is 0 Å². The molecule has 0 fully saturated rings. The fourth-order valence-corrected chi connectivity index (χ4v) is 2.24. The Bertz CT molecular complexity index is 762. The lowest BCUT2D eigenvalue weighted by molar-refractivity contribution is 0.300. The number of aromatic hydroxyl groups is 2. The molecule has 3 aromatic rings. The Morgan fingerprint density at radius 3 is 1.87 bits per heavy atom. The SMILES string of the molecule is Nc1ccc(N)c(CCO)c1.Oc1cccc2c(O)cccc12. The van der Waals surface area contributed by atoms with Crippen LogP contribution in [0.25, 0.3) is 10.8 Å². The summed E-state index contributed by atoms with van der Waals surface area (Å²) < 4.78 is 0. The first-order valence-corrected chi connectivity index (χ1v) is 7.17. The zero-order chi connectivity index (χ0) is 16.8. The first-order valence-electron chi connectivity index (χ1n) is 7.17. The molecule has 5 heteroatoms. The molecule has 0 aliphatic rings. The van der Waals surface area contributed by atoms with Gasteiger partial charge in [0.05, 0.1) is 0 Å².